The fourth-order valence-electron chi connectivity index (χ4n) is 2.51. The molecule has 1 aromatic heterocycles. The van der Waals surface area contributed by atoms with E-state index in [0.717, 1.165) is 25.2 Å². The Hall–Kier alpha value is -1.62. The van der Waals surface area contributed by atoms with Crippen molar-refractivity contribution in [2.45, 2.75) is 25.8 Å². The number of methoxy groups -OCH3 is 1. The van der Waals surface area contributed by atoms with Crippen LogP contribution in [0, 0.1) is 5.92 Å². The third kappa shape index (κ3) is 3.23. The van der Waals surface area contributed by atoms with Gasteiger partial charge in [-0.3, -0.25) is 0 Å². The Kier molecular flexibility index (Phi) is 4.37. The zero-order chi connectivity index (χ0) is 13.8. The molecule has 0 radical (unpaired) electrons. The molecule has 104 valence electrons. The largest absolute Gasteiger partial charge is 0.464 e. The summed E-state index contributed by atoms with van der Waals surface area (Å²) >= 11 is 0. The summed E-state index contributed by atoms with van der Waals surface area (Å²) in [5.74, 6) is 0.103. The number of carbonyl (C=O) groups is 1. The molecule has 2 heterocycles. The molecule has 2 atom stereocenters. The summed E-state index contributed by atoms with van der Waals surface area (Å²) in [6.45, 7) is 3.98. The maximum atomic E-state index is 11.5. The molecule has 0 aliphatic carbocycles. The number of hydrogen-bond donors (Lipinski definition) is 1. The minimum absolute atomic E-state index is 0.199. The van der Waals surface area contributed by atoms with Gasteiger partial charge in [-0.25, -0.2) is 9.78 Å². The minimum Gasteiger partial charge on any atom is -0.464 e. The molecule has 19 heavy (non-hydrogen) atoms. The Morgan fingerprint density at radius 3 is 3.11 bits per heavy atom. The summed E-state index contributed by atoms with van der Waals surface area (Å²) in [4.78, 5) is 17.8. The van der Waals surface area contributed by atoms with E-state index in [1.165, 1.54) is 13.5 Å². The van der Waals surface area contributed by atoms with Gasteiger partial charge in [-0.05, 0) is 37.8 Å². The van der Waals surface area contributed by atoms with Gasteiger partial charge in [-0.15, -0.1) is 0 Å². The van der Waals surface area contributed by atoms with Crippen molar-refractivity contribution in [2.24, 2.45) is 11.7 Å². The second-order valence-corrected chi connectivity index (χ2v) is 5.10. The summed E-state index contributed by atoms with van der Waals surface area (Å²) in [5, 5.41) is 0. The Balaban J connectivity index is 2.15. The molecule has 1 aromatic rings. The highest BCUT2D eigenvalue weighted by Gasteiger charge is 2.23. The lowest BCUT2D eigenvalue weighted by Gasteiger charge is -2.36. The van der Waals surface area contributed by atoms with E-state index in [4.69, 9.17) is 10.5 Å². The van der Waals surface area contributed by atoms with E-state index in [2.05, 4.69) is 16.8 Å². The number of hydrogen-bond acceptors (Lipinski definition) is 5. The quantitative estimate of drug-likeness (QED) is 0.836. The van der Waals surface area contributed by atoms with Crippen molar-refractivity contribution >= 4 is 11.7 Å². The zero-order valence-electron chi connectivity index (χ0n) is 11.5. The van der Waals surface area contributed by atoms with Gasteiger partial charge in [-0.2, -0.15) is 0 Å². The van der Waals surface area contributed by atoms with Gasteiger partial charge in [0, 0.05) is 31.0 Å². The molecule has 1 saturated heterocycles. The molecular formula is C14H21N3O2. The van der Waals surface area contributed by atoms with Crippen molar-refractivity contribution in [1.29, 1.82) is 0 Å². The fraction of sp³-hybridized carbons (Fsp3) is 0.571. The second kappa shape index (κ2) is 6.02. The first-order chi connectivity index (χ1) is 9.11. The van der Waals surface area contributed by atoms with Crippen molar-refractivity contribution in [3.05, 3.63) is 24.0 Å². The normalized spacial score (nSPS) is 21.0. The van der Waals surface area contributed by atoms with Crippen LogP contribution in [0.1, 0.15) is 30.3 Å². The van der Waals surface area contributed by atoms with E-state index in [-0.39, 0.29) is 6.04 Å². The molecule has 2 unspecified atom stereocenters. The third-order valence-corrected chi connectivity index (χ3v) is 3.70. The molecular weight excluding hydrogens is 242 g/mol. The van der Waals surface area contributed by atoms with E-state index in [9.17, 15) is 4.79 Å². The number of nitrogens with two attached hydrogens (primary N) is 1. The van der Waals surface area contributed by atoms with Crippen molar-refractivity contribution < 1.29 is 9.53 Å². The van der Waals surface area contributed by atoms with Crippen LogP contribution in [0.2, 0.25) is 0 Å². The average molecular weight is 263 g/mol. The Morgan fingerprint density at radius 2 is 2.42 bits per heavy atom. The topological polar surface area (TPSA) is 68.5 Å². The lowest BCUT2D eigenvalue weighted by atomic mass is 9.92. The van der Waals surface area contributed by atoms with Gasteiger partial charge in [-0.1, -0.05) is 0 Å². The summed E-state index contributed by atoms with van der Waals surface area (Å²) in [6.07, 6.45) is 3.95. The van der Waals surface area contributed by atoms with Gasteiger partial charge in [0.25, 0.3) is 0 Å². The summed E-state index contributed by atoms with van der Waals surface area (Å²) in [7, 11) is 1.36. The first-order valence-electron chi connectivity index (χ1n) is 6.66. The Labute approximate surface area is 113 Å². The maximum Gasteiger partial charge on any atom is 0.356 e. The molecule has 0 bridgehead atoms. The highest BCUT2D eigenvalue weighted by molar-refractivity contribution is 5.88. The molecule has 1 aliphatic heterocycles. The molecule has 1 aliphatic rings. The van der Waals surface area contributed by atoms with Gasteiger partial charge in [0.15, 0.2) is 0 Å². The van der Waals surface area contributed by atoms with Crippen molar-refractivity contribution in [3.8, 4) is 0 Å². The van der Waals surface area contributed by atoms with Crippen LogP contribution in [-0.4, -0.2) is 37.2 Å². The number of nitrogens with zero attached hydrogens (tertiary/aromatic N) is 2. The van der Waals surface area contributed by atoms with Gasteiger partial charge in [0.05, 0.1) is 7.11 Å². The Morgan fingerprint density at radius 1 is 1.63 bits per heavy atom. The van der Waals surface area contributed by atoms with Crippen LogP contribution in [0.5, 0.6) is 0 Å². The highest BCUT2D eigenvalue weighted by Crippen LogP contribution is 2.24. The summed E-state index contributed by atoms with van der Waals surface area (Å²) in [5.41, 5.74) is 7.36. The molecule has 0 saturated carbocycles. The van der Waals surface area contributed by atoms with E-state index in [1.807, 2.05) is 6.07 Å². The lowest BCUT2D eigenvalue weighted by molar-refractivity contribution is 0.0594. The predicted octanol–water partition coefficient (Wildman–Crippen LogP) is 1.43. The van der Waals surface area contributed by atoms with Crippen LogP contribution in [-0.2, 0) is 4.74 Å². The molecule has 0 spiro atoms. The molecule has 2 rings (SSSR count). The standard InChI is InChI=1S/C14H21N3O2/c1-10(15)11-4-3-7-17(9-11)12-5-6-16-13(8-12)14(18)19-2/h5-6,8,10-11H,3-4,7,9,15H2,1-2H3. The number of rotatable bonds is 3. The van der Waals surface area contributed by atoms with Crippen LogP contribution in [0.3, 0.4) is 0 Å². The number of piperidine rings is 1. The zero-order valence-corrected chi connectivity index (χ0v) is 11.5. The van der Waals surface area contributed by atoms with E-state index < -0.39 is 5.97 Å². The van der Waals surface area contributed by atoms with Gasteiger partial charge < -0.3 is 15.4 Å². The highest BCUT2D eigenvalue weighted by atomic mass is 16.5. The monoisotopic (exact) mass is 263 g/mol. The Bertz CT molecular complexity index is 448. The van der Waals surface area contributed by atoms with Gasteiger partial charge in [0.1, 0.15) is 5.69 Å². The fourth-order valence-corrected chi connectivity index (χ4v) is 2.51. The average Bonchev–Trinajstić information content (AvgIpc) is 2.46. The van der Waals surface area contributed by atoms with Crippen molar-refractivity contribution in [1.82, 2.24) is 4.98 Å². The summed E-state index contributed by atoms with van der Waals surface area (Å²) < 4.78 is 4.70. The van der Waals surface area contributed by atoms with Gasteiger partial charge in [0.2, 0.25) is 0 Å². The number of anilines is 1. The molecule has 2 N–H and O–H groups in total. The number of carbonyl (C=O) groups excluding carboxylic acids is 1. The lowest BCUT2D eigenvalue weighted by Crippen LogP contribution is -2.42. The van der Waals surface area contributed by atoms with E-state index >= 15 is 0 Å². The van der Waals surface area contributed by atoms with Crippen LogP contribution in [0.15, 0.2) is 18.3 Å². The first kappa shape index (κ1) is 13.8. The SMILES string of the molecule is COC(=O)c1cc(N2CCCC(C(C)N)C2)ccn1. The van der Waals surface area contributed by atoms with Crippen molar-refractivity contribution in [3.63, 3.8) is 0 Å². The number of aromatic nitrogens is 1. The van der Waals surface area contributed by atoms with E-state index in [0.29, 0.717) is 11.6 Å². The molecule has 0 amide bonds. The van der Waals surface area contributed by atoms with E-state index in [1.54, 1.807) is 12.3 Å². The van der Waals surface area contributed by atoms with Gasteiger partial charge >= 0.3 is 5.97 Å². The molecule has 0 aromatic carbocycles. The third-order valence-electron chi connectivity index (χ3n) is 3.70. The van der Waals surface area contributed by atoms with Crippen molar-refractivity contribution in [2.75, 3.05) is 25.1 Å². The first-order valence-corrected chi connectivity index (χ1v) is 6.66. The van der Waals surface area contributed by atoms with Crippen LogP contribution >= 0.6 is 0 Å². The molecule has 5 heteroatoms. The summed E-state index contributed by atoms with van der Waals surface area (Å²) in [6, 6.07) is 3.91. The number of ether oxygens (including phenoxy) is 1. The smallest absolute Gasteiger partial charge is 0.356 e. The van der Waals surface area contributed by atoms with Crippen LogP contribution in [0.4, 0.5) is 5.69 Å². The molecule has 5 nitrogen and oxygen atoms in total. The number of pyridine rings is 1. The predicted molar refractivity (Wildman–Crippen MR) is 74.2 cm³/mol. The second-order valence-electron chi connectivity index (χ2n) is 5.10. The van der Waals surface area contributed by atoms with Crippen LogP contribution in [0.25, 0.3) is 0 Å². The van der Waals surface area contributed by atoms with Crippen LogP contribution < -0.4 is 10.6 Å². The molecule has 1 fully saturated rings. The minimum atomic E-state index is -0.400. The maximum absolute atomic E-state index is 11.5. The number of esters is 1.